The van der Waals surface area contributed by atoms with Gasteiger partial charge in [-0.2, -0.15) is 0 Å². The largest absolute Gasteiger partial charge is 0.385 e. The number of ether oxygens (including phenoxy) is 1. The Labute approximate surface area is 226 Å². The van der Waals surface area contributed by atoms with E-state index in [0.29, 0.717) is 6.04 Å². The van der Waals surface area contributed by atoms with Gasteiger partial charge in [-0.05, 0) is 46.3 Å². The number of piperazine rings is 1. The lowest BCUT2D eigenvalue weighted by Crippen LogP contribution is -2.47. The standard InChI is InChI=1S/C28H34BrN7O/c1-20-16-22(6-7-30-20)19-34-8-10-36(11-9-34)26-24(29)17-31-28-25(26)32-27(33-28)23-4-2-21(3-5-23)18-35-12-14-37-15-13-35/h2-7,16-17,20,30H,8-15,18-19H2,1H3,(H,31,32,33). The minimum Gasteiger partial charge on any atom is -0.385 e. The van der Waals surface area contributed by atoms with Gasteiger partial charge < -0.3 is 19.9 Å². The minimum atomic E-state index is 0.400. The SMILES string of the molecule is CC1C=C(CN2CCN(c3c(Br)cnc4[nH]c(-c5ccc(CN6CCOCC6)cc5)nc34)CC2)C=CN1. The third-order valence-electron chi connectivity index (χ3n) is 7.39. The molecule has 1 atom stereocenters. The van der Waals surface area contributed by atoms with E-state index in [1.165, 1.54) is 11.1 Å². The number of imidazole rings is 1. The highest BCUT2D eigenvalue weighted by Gasteiger charge is 2.23. The number of pyridine rings is 1. The van der Waals surface area contributed by atoms with E-state index >= 15 is 0 Å². The fourth-order valence-electron chi connectivity index (χ4n) is 5.37. The van der Waals surface area contributed by atoms with E-state index < -0.39 is 0 Å². The molecule has 3 aromatic rings. The molecule has 3 aliphatic heterocycles. The Balaban J connectivity index is 1.16. The highest BCUT2D eigenvalue weighted by molar-refractivity contribution is 9.10. The van der Waals surface area contributed by atoms with Crippen molar-refractivity contribution >= 4 is 32.8 Å². The topological polar surface area (TPSA) is 72.5 Å². The summed E-state index contributed by atoms with van der Waals surface area (Å²) in [7, 11) is 0. The fourth-order valence-corrected chi connectivity index (χ4v) is 5.91. The summed E-state index contributed by atoms with van der Waals surface area (Å²) < 4.78 is 6.46. The van der Waals surface area contributed by atoms with Gasteiger partial charge in [0.25, 0.3) is 0 Å². The highest BCUT2D eigenvalue weighted by Crippen LogP contribution is 2.34. The van der Waals surface area contributed by atoms with Gasteiger partial charge in [0.1, 0.15) is 11.3 Å². The fraction of sp³-hybridized carbons (Fsp3) is 0.429. The van der Waals surface area contributed by atoms with Crippen LogP contribution in [0.15, 0.2) is 58.9 Å². The quantitative estimate of drug-likeness (QED) is 0.473. The maximum atomic E-state index is 5.47. The summed E-state index contributed by atoms with van der Waals surface area (Å²) in [4.78, 5) is 20.5. The average Bonchev–Trinajstić information content (AvgIpc) is 3.35. The first kappa shape index (κ1) is 24.6. The number of nitrogens with zero attached hydrogens (tertiary/aromatic N) is 5. The summed E-state index contributed by atoms with van der Waals surface area (Å²) >= 11 is 3.77. The van der Waals surface area contributed by atoms with Crippen LogP contribution in [0.2, 0.25) is 0 Å². The van der Waals surface area contributed by atoms with Gasteiger partial charge >= 0.3 is 0 Å². The zero-order valence-electron chi connectivity index (χ0n) is 21.3. The first-order valence-corrected chi connectivity index (χ1v) is 14.0. The third-order valence-corrected chi connectivity index (χ3v) is 7.98. The number of hydrogen-bond acceptors (Lipinski definition) is 7. The zero-order chi connectivity index (χ0) is 25.2. The maximum Gasteiger partial charge on any atom is 0.159 e. The molecule has 6 rings (SSSR count). The summed E-state index contributed by atoms with van der Waals surface area (Å²) in [5.41, 5.74) is 6.66. The van der Waals surface area contributed by atoms with E-state index in [1.54, 1.807) is 0 Å². The average molecular weight is 565 g/mol. The smallest absolute Gasteiger partial charge is 0.159 e. The van der Waals surface area contributed by atoms with Crippen LogP contribution in [-0.2, 0) is 11.3 Å². The summed E-state index contributed by atoms with van der Waals surface area (Å²) in [6.45, 7) is 11.7. The predicted octanol–water partition coefficient (Wildman–Crippen LogP) is 3.77. The number of H-pyrrole nitrogens is 1. The van der Waals surface area contributed by atoms with Crippen LogP contribution in [-0.4, -0.2) is 89.8 Å². The van der Waals surface area contributed by atoms with Crippen LogP contribution in [0.3, 0.4) is 0 Å². The van der Waals surface area contributed by atoms with Crippen LogP contribution >= 0.6 is 15.9 Å². The van der Waals surface area contributed by atoms with Gasteiger partial charge in [-0.25, -0.2) is 9.97 Å². The van der Waals surface area contributed by atoms with Gasteiger partial charge in [0.2, 0.25) is 0 Å². The van der Waals surface area contributed by atoms with Crippen LogP contribution in [0.25, 0.3) is 22.6 Å². The summed E-state index contributed by atoms with van der Waals surface area (Å²) in [6.07, 6.45) is 8.46. The molecule has 2 saturated heterocycles. The molecule has 0 radical (unpaired) electrons. The van der Waals surface area contributed by atoms with Crippen LogP contribution in [0.5, 0.6) is 0 Å². The molecule has 8 nitrogen and oxygen atoms in total. The van der Waals surface area contributed by atoms with Crippen molar-refractivity contribution < 1.29 is 4.74 Å². The molecule has 2 aromatic heterocycles. The number of hydrogen-bond donors (Lipinski definition) is 2. The molecule has 1 aromatic carbocycles. The van der Waals surface area contributed by atoms with Gasteiger partial charge in [-0.1, -0.05) is 30.3 Å². The van der Waals surface area contributed by atoms with Gasteiger partial charge in [-0.15, -0.1) is 0 Å². The van der Waals surface area contributed by atoms with Crippen molar-refractivity contribution in [3.8, 4) is 11.4 Å². The molecule has 0 saturated carbocycles. The van der Waals surface area contributed by atoms with E-state index in [4.69, 9.17) is 9.72 Å². The van der Waals surface area contributed by atoms with E-state index in [-0.39, 0.29) is 0 Å². The van der Waals surface area contributed by atoms with Crippen molar-refractivity contribution in [2.45, 2.75) is 19.5 Å². The van der Waals surface area contributed by atoms with Crippen LogP contribution in [0.1, 0.15) is 12.5 Å². The molecule has 0 amide bonds. The third kappa shape index (κ3) is 5.60. The Hall–Kier alpha value is -2.72. The number of halogens is 1. The van der Waals surface area contributed by atoms with Crippen molar-refractivity contribution in [3.63, 3.8) is 0 Å². The molecule has 3 aliphatic rings. The van der Waals surface area contributed by atoms with E-state index in [9.17, 15) is 0 Å². The highest BCUT2D eigenvalue weighted by atomic mass is 79.9. The Morgan fingerprint density at radius 1 is 1.00 bits per heavy atom. The van der Waals surface area contributed by atoms with Gasteiger partial charge in [0.15, 0.2) is 5.65 Å². The van der Waals surface area contributed by atoms with Crippen LogP contribution in [0.4, 0.5) is 5.69 Å². The van der Waals surface area contributed by atoms with E-state index in [1.807, 2.05) is 6.20 Å². The number of nitrogens with one attached hydrogen (secondary N) is 2. The number of fused-ring (bicyclic) bond motifs is 1. The second-order valence-corrected chi connectivity index (χ2v) is 11.0. The molecule has 5 heterocycles. The normalized spacial score (nSPS) is 21.3. The maximum absolute atomic E-state index is 5.47. The van der Waals surface area contributed by atoms with E-state index in [0.717, 1.165) is 98.3 Å². The van der Waals surface area contributed by atoms with Crippen LogP contribution < -0.4 is 10.2 Å². The summed E-state index contributed by atoms with van der Waals surface area (Å²) in [5, 5.41) is 3.32. The lowest BCUT2D eigenvalue weighted by molar-refractivity contribution is 0.0342. The Kier molecular flexibility index (Phi) is 7.28. The van der Waals surface area contributed by atoms with Gasteiger partial charge in [0, 0.05) is 70.2 Å². The van der Waals surface area contributed by atoms with Crippen molar-refractivity contribution in [3.05, 3.63) is 64.4 Å². The molecule has 0 spiro atoms. The van der Waals surface area contributed by atoms with Crippen molar-refractivity contribution in [2.75, 3.05) is 63.9 Å². The second kappa shape index (κ2) is 10.9. The number of benzene rings is 1. The Bertz CT molecular complexity index is 1290. The monoisotopic (exact) mass is 563 g/mol. The zero-order valence-corrected chi connectivity index (χ0v) is 22.9. The molecule has 0 bridgehead atoms. The first-order chi connectivity index (χ1) is 18.1. The molecular formula is C28H34BrN7O. The van der Waals surface area contributed by atoms with Crippen molar-refractivity contribution in [1.82, 2.24) is 30.1 Å². The number of morpholine rings is 1. The van der Waals surface area contributed by atoms with Crippen molar-refractivity contribution in [2.24, 2.45) is 0 Å². The van der Waals surface area contributed by atoms with Gasteiger partial charge in [0.05, 0.1) is 23.4 Å². The molecule has 1 unspecified atom stereocenters. The molecule has 2 fully saturated rings. The summed E-state index contributed by atoms with van der Waals surface area (Å²) in [5.74, 6) is 0.858. The molecule has 37 heavy (non-hydrogen) atoms. The van der Waals surface area contributed by atoms with Crippen LogP contribution in [0, 0.1) is 0 Å². The molecule has 2 N–H and O–H groups in total. The first-order valence-electron chi connectivity index (χ1n) is 13.2. The number of rotatable bonds is 6. The lowest BCUT2D eigenvalue weighted by Gasteiger charge is -2.37. The molecule has 0 aliphatic carbocycles. The number of aromatic amines is 1. The molecule has 9 heteroatoms. The molecule has 194 valence electrons. The second-order valence-electron chi connectivity index (χ2n) is 10.1. The van der Waals surface area contributed by atoms with Gasteiger partial charge in [-0.3, -0.25) is 9.80 Å². The Morgan fingerprint density at radius 3 is 2.51 bits per heavy atom. The number of anilines is 1. The molecular weight excluding hydrogens is 530 g/mol. The number of dihydropyridines is 1. The minimum absolute atomic E-state index is 0.400. The Morgan fingerprint density at radius 2 is 1.76 bits per heavy atom. The summed E-state index contributed by atoms with van der Waals surface area (Å²) in [6, 6.07) is 9.12. The van der Waals surface area contributed by atoms with Crippen molar-refractivity contribution in [1.29, 1.82) is 0 Å². The predicted molar refractivity (Wildman–Crippen MR) is 152 cm³/mol. The number of aromatic nitrogens is 3. The van der Waals surface area contributed by atoms with E-state index in [2.05, 4.69) is 95.5 Å². The lowest BCUT2D eigenvalue weighted by atomic mass is 10.1.